The molecule has 4 nitrogen and oxygen atoms in total. The van der Waals surface area contributed by atoms with Gasteiger partial charge in [0.25, 0.3) is 0 Å². The van der Waals surface area contributed by atoms with Gasteiger partial charge in [-0.2, -0.15) is 0 Å². The van der Waals surface area contributed by atoms with Crippen molar-refractivity contribution in [2.75, 3.05) is 11.4 Å². The molecule has 1 saturated carbocycles. The van der Waals surface area contributed by atoms with Crippen LogP contribution in [0.2, 0.25) is 10.0 Å². The third-order valence-electron chi connectivity index (χ3n) is 2.83. The van der Waals surface area contributed by atoms with Crippen molar-refractivity contribution >= 4 is 40.7 Å². The third-order valence-corrected chi connectivity index (χ3v) is 3.44. The van der Waals surface area contributed by atoms with Gasteiger partial charge < -0.3 is 10.2 Å². The van der Waals surface area contributed by atoms with Crippen molar-refractivity contribution in [1.82, 2.24) is 5.32 Å². The molecule has 0 aromatic heterocycles. The van der Waals surface area contributed by atoms with E-state index in [2.05, 4.69) is 5.32 Å². The van der Waals surface area contributed by atoms with Gasteiger partial charge in [0.1, 0.15) is 6.54 Å². The van der Waals surface area contributed by atoms with Crippen LogP contribution in [-0.2, 0) is 9.59 Å². The smallest absolute Gasteiger partial charge is 0.240 e. The molecular weight excluding hydrogens is 287 g/mol. The summed E-state index contributed by atoms with van der Waals surface area (Å²) >= 11 is 12.1. The standard InChI is InChI=1S/C13H14Cl2N2O2/c1-8(18)17(7-12(19)16-9-5-6-9)13-10(14)3-2-4-11(13)15/h2-4,9H,5-7H2,1H3,(H,16,19). The van der Waals surface area contributed by atoms with Crippen LogP contribution in [0, 0.1) is 0 Å². The summed E-state index contributed by atoms with van der Waals surface area (Å²) in [7, 11) is 0. The molecule has 1 aromatic rings. The molecular formula is C13H14Cl2N2O2. The summed E-state index contributed by atoms with van der Waals surface area (Å²) < 4.78 is 0. The maximum Gasteiger partial charge on any atom is 0.240 e. The Kier molecular flexibility index (Phi) is 4.32. The minimum absolute atomic E-state index is 0.0741. The van der Waals surface area contributed by atoms with E-state index in [1.54, 1.807) is 18.2 Å². The lowest BCUT2D eigenvalue weighted by atomic mass is 10.2. The Morgan fingerprint density at radius 2 is 1.89 bits per heavy atom. The van der Waals surface area contributed by atoms with Gasteiger partial charge in [0.15, 0.2) is 0 Å². The van der Waals surface area contributed by atoms with E-state index in [0.717, 1.165) is 12.8 Å². The topological polar surface area (TPSA) is 49.4 Å². The minimum Gasteiger partial charge on any atom is -0.352 e. The zero-order chi connectivity index (χ0) is 14.0. The van der Waals surface area contributed by atoms with Crippen LogP contribution in [0.15, 0.2) is 18.2 Å². The van der Waals surface area contributed by atoms with Gasteiger partial charge in [0, 0.05) is 13.0 Å². The van der Waals surface area contributed by atoms with E-state index in [1.807, 2.05) is 0 Å². The van der Waals surface area contributed by atoms with Crippen molar-refractivity contribution in [2.45, 2.75) is 25.8 Å². The lowest BCUT2D eigenvalue weighted by molar-refractivity contribution is -0.123. The van der Waals surface area contributed by atoms with E-state index in [9.17, 15) is 9.59 Å². The van der Waals surface area contributed by atoms with E-state index in [0.29, 0.717) is 15.7 Å². The first-order valence-electron chi connectivity index (χ1n) is 6.00. The van der Waals surface area contributed by atoms with Crippen LogP contribution in [0.1, 0.15) is 19.8 Å². The van der Waals surface area contributed by atoms with E-state index in [4.69, 9.17) is 23.2 Å². The van der Waals surface area contributed by atoms with Gasteiger partial charge in [-0.1, -0.05) is 29.3 Å². The number of benzene rings is 1. The molecule has 1 fully saturated rings. The lowest BCUT2D eigenvalue weighted by Gasteiger charge is -2.22. The zero-order valence-electron chi connectivity index (χ0n) is 10.5. The highest BCUT2D eigenvalue weighted by Gasteiger charge is 2.26. The van der Waals surface area contributed by atoms with Crippen LogP contribution in [0.4, 0.5) is 5.69 Å². The second kappa shape index (κ2) is 5.80. The molecule has 2 amide bonds. The van der Waals surface area contributed by atoms with Crippen LogP contribution in [0.5, 0.6) is 0 Å². The lowest BCUT2D eigenvalue weighted by Crippen LogP contribution is -2.40. The Hall–Kier alpha value is -1.26. The summed E-state index contributed by atoms with van der Waals surface area (Å²) in [6.45, 7) is 1.30. The Balaban J connectivity index is 2.19. The molecule has 19 heavy (non-hydrogen) atoms. The number of halogens is 2. The second-order valence-corrected chi connectivity index (χ2v) is 5.33. The Labute approximate surface area is 121 Å². The molecule has 0 atom stereocenters. The van der Waals surface area contributed by atoms with Crippen LogP contribution >= 0.6 is 23.2 Å². The van der Waals surface area contributed by atoms with Crippen LogP contribution in [-0.4, -0.2) is 24.4 Å². The number of nitrogens with zero attached hydrogens (tertiary/aromatic N) is 1. The Morgan fingerprint density at radius 1 is 1.32 bits per heavy atom. The van der Waals surface area contributed by atoms with E-state index in [1.165, 1.54) is 11.8 Å². The summed E-state index contributed by atoms with van der Waals surface area (Å²) in [5.74, 6) is -0.477. The molecule has 1 aliphatic carbocycles. The maximum absolute atomic E-state index is 11.8. The highest BCUT2D eigenvalue weighted by Crippen LogP contribution is 2.33. The van der Waals surface area contributed by atoms with Crippen molar-refractivity contribution in [3.63, 3.8) is 0 Å². The molecule has 0 spiro atoms. The van der Waals surface area contributed by atoms with E-state index < -0.39 is 0 Å². The van der Waals surface area contributed by atoms with Crippen molar-refractivity contribution in [3.05, 3.63) is 28.2 Å². The highest BCUT2D eigenvalue weighted by atomic mass is 35.5. The molecule has 0 bridgehead atoms. The highest BCUT2D eigenvalue weighted by molar-refractivity contribution is 6.40. The van der Waals surface area contributed by atoms with Crippen molar-refractivity contribution in [3.8, 4) is 0 Å². The van der Waals surface area contributed by atoms with Gasteiger partial charge >= 0.3 is 0 Å². The molecule has 1 aliphatic rings. The molecule has 0 radical (unpaired) electrons. The minimum atomic E-state index is -0.277. The summed E-state index contributed by atoms with van der Waals surface area (Å²) in [6, 6.07) is 5.22. The molecule has 1 N–H and O–H groups in total. The number of carbonyl (C=O) groups excluding carboxylic acids is 2. The first-order valence-corrected chi connectivity index (χ1v) is 6.76. The maximum atomic E-state index is 11.8. The van der Waals surface area contributed by atoms with E-state index >= 15 is 0 Å². The molecule has 0 unspecified atom stereocenters. The van der Waals surface area contributed by atoms with Gasteiger partial charge in [-0.25, -0.2) is 0 Å². The monoisotopic (exact) mass is 300 g/mol. The number of nitrogens with one attached hydrogen (secondary N) is 1. The number of rotatable bonds is 4. The Morgan fingerprint density at radius 3 is 2.37 bits per heavy atom. The SMILES string of the molecule is CC(=O)N(CC(=O)NC1CC1)c1c(Cl)cccc1Cl. The van der Waals surface area contributed by atoms with Crippen LogP contribution < -0.4 is 10.2 Å². The van der Waals surface area contributed by atoms with Gasteiger partial charge in [-0.15, -0.1) is 0 Å². The van der Waals surface area contributed by atoms with Gasteiger partial charge in [-0.3, -0.25) is 9.59 Å². The quantitative estimate of drug-likeness (QED) is 0.929. The van der Waals surface area contributed by atoms with Crippen LogP contribution in [0.3, 0.4) is 0 Å². The predicted octanol–water partition coefficient (Wildman–Crippen LogP) is 2.62. The molecule has 6 heteroatoms. The molecule has 2 rings (SSSR count). The number of carbonyl (C=O) groups is 2. The summed E-state index contributed by atoms with van der Waals surface area (Å²) in [5, 5.41) is 3.53. The molecule has 0 heterocycles. The third kappa shape index (κ3) is 3.61. The van der Waals surface area contributed by atoms with Gasteiger partial charge in [0.2, 0.25) is 11.8 Å². The first kappa shape index (κ1) is 14.2. The number of amides is 2. The number of anilines is 1. The average molecular weight is 301 g/mol. The van der Waals surface area contributed by atoms with Crippen molar-refractivity contribution in [1.29, 1.82) is 0 Å². The summed E-state index contributed by atoms with van der Waals surface area (Å²) in [4.78, 5) is 24.8. The summed E-state index contributed by atoms with van der Waals surface area (Å²) in [6.07, 6.45) is 2.00. The fraction of sp³-hybridized carbons (Fsp3) is 0.385. The zero-order valence-corrected chi connectivity index (χ0v) is 12.0. The van der Waals surface area contributed by atoms with Crippen LogP contribution in [0.25, 0.3) is 0 Å². The molecule has 1 aromatic carbocycles. The normalized spacial score (nSPS) is 14.1. The molecule has 0 saturated heterocycles. The van der Waals surface area contributed by atoms with E-state index in [-0.39, 0.29) is 24.4 Å². The van der Waals surface area contributed by atoms with Gasteiger partial charge in [0.05, 0.1) is 15.7 Å². The number of hydrogen-bond acceptors (Lipinski definition) is 2. The average Bonchev–Trinajstić information content (AvgIpc) is 3.11. The van der Waals surface area contributed by atoms with Crippen molar-refractivity contribution in [2.24, 2.45) is 0 Å². The molecule has 0 aliphatic heterocycles. The number of para-hydroxylation sites is 1. The first-order chi connectivity index (χ1) is 8.99. The second-order valence-electron chi connectivity index (χ2n) is 4.52. The van der Waals surface area contributed by atoms with Crippen molar-refractivity contribution < 1.29 is 9.59 Å². The fourth-order valence-corrected chi connectivity index (χ4v) is 2.34. The summed E-state index contributed by atoms with van der Waals surface area (Å²) in [5.41, 5.74) is 0.379. The fourth-order valence-electron chi connectivity index (χ4n) is 1.74. The largest absolute Gasteiger partial charge is 0.352 e. The predicted molar refractivity (Wildman–Crippen MR) is 75.7 cm³/mol. The Bertz CT molecular complexity index is 495. The number of hydrogen-bond donors (Lipinski definition) is 1. The molecule has 102 valence electrons. The van der Waals surface area contributed by atoms with Gasteiger partial charge in [-0.05, 0) is 25.0 Å².